The number of likely N-dealkylation sites (N-methyl/N-ethyl adjacent to an activating group) is 1. The summed E-state index contributed by atoms with van der Waals surface area (Å²) >= 11 is 0. The molecule has 1 amide bonds. The van der Waals surface area contributed by atoms with Crippen LogP contribution >= 0.6 is 0 Å². The predicted octanol–water partition coefficient (Wildman–Crippen LogP) is -0.179. The lowest BCUT2D eigenvalue weighted by Crippen LogP contribution is -2.62. The summed E-state index contributed by atoms with van der Waals surface area (Å²) in [6, 6.07) is 0.365. The molecule has 1 heterocycles. The van der Waals surface area contributed by atoms with Gasteiger partial charge in [0.1, 0.15) is 6.04 Å². The topological polar surface area (TPSA) is 53.6 Å². The molecule has 2 atom stereocenters. The zero-order valence-electron chi connectivity index (χ0n) is 11.4. The summed E-state index contributed by atoms with van der Waals surface area (Å²) in [5.74, 6) is 0.867. The Kier molecular flexibility index (Phi) is 4.97. The first-order valence-electron chi connectivity index (χ1n) is 7.01. The minimum Gasteiger partial charge on any atom is -0.383 e. The van der Waals surface area contributed by atoms with E-state index in [0.29, 0.717) is 12.6 Å². The SMILES string of the molecule is CCNC(=O)C1CNCCN1C(COC)C1CC1. The summed E-state index contributed by atoms with van der Waals surface area (Å²) in [6.45, 7) is 6.04. The van der Waals surface area contributed by atoms with Crippen molar-refractivity contribution in [3.63, 3.8) is 0 Å². The number of carbonyl (C=O) groups excluding carboxylic acids is 1. The second-order valence-corrected chi connectivity index (χ2v) is 5.21. The monoisotopic (exact) mass is 255 g/mol. The molecule has 1 aliphatic carbocycles. The predicted molar refractivity (Wildman–Crippen MR) is 70.4 cm³/mol. The third-order valence-electron chi connectivity index (χ3n) is 3.87. The van der Waals surface area contributed by atoms with Gasteiger partial charge in [-0.25, -0.2) is 0 Å². The molecule has 2 fully saturated rings. The molecule has 5 heteroatoms. The molecule has 1 saturated carbocycles. The van der Waals surface area contributed by atoms with Gasteiger partial charge < -0.3 is 15.4 Å². The van der Waals surface area contributed by atoms with E-state index in [-0.39, 0.29) is 11.9 Å². The maximum atomic E-state index is 12.1. The van der Waals surface area contributed by atoms with Crippen LogP contribution in [0.3, 0.4) is 0 Å². The zero-order chi connectivity index (χ0) is 13.0. The number of hydrogen-bond donors (Lipinski definition) is 2. The molecule has 0 bridgehead atoms. The van der Waals surface area contributed by atoms with Crippen LogP contribution in [0, 0.1) is 5.92 Å². The number of piperazine rings is 1. The van der Waals surface area contributed by atoms with E-state index in [0.717, 1.165) is 32.2 Å². The Balaban J connectivity index is 2.02. The van der Waals surface area contributed by atoms with E-state index in [4.69, 9.17) is 4.74 Å². The number of amides is 1. The lowest BCUT2D eigenvalue weighted by atomic mass is 10.1. The largest absolute Gasteiger partial charge is 0.383 e. The number of nitrogens with zero attached hydrogens (tertiary/aromatic N) is 1. The normalized spacial score (nSPS) is 26.9. The first-order valence-corrected chi connectivity index (χ1v) is 7.01. The lowest BCUT2D eigenvalue weighted by Gasteiger charge is -2.40. The zero-order valence-corrected chi connectivity index (χ0v) is 11.4. The molecule has 2 unspecified atom stereocenters. The van der Waals surface area contributed by atoms with Crippen LogP contribution in [-0.2, 0) is 9.53 Å². The molecule has 0 radical (unpaired) electrons. The van der Waals surface area contributed by atoms with Gasteiger partial charge in [0.05, 0.1) is 6.61 Å². The average molecular weight is 255 g/mol. The van der Waals surface area contributed by atoms with Gasteiger partial charge in [0, 0.05) is 39.3 Å². The summed E-state index contributed by atoms with van der Waals surface area (Å²) in [6.07, 6.45) is 2.56. The van der Waals surface area contributed by atoms with Crippen LogP contribution in [0.4, 0.5) is 0 Å². The van der Waals surface area contributed by atoms with E-state index in [1.807, 2.05) is 6.92 Å². The number of carbonyl (C=O) groups is 1. The Hall–Kier alpha value is -0.650. The molecule has 18 heavy (non-hydrogen) atoms. The highest BCUT2D eigenvalue weighted by Crippen LogP contribution is 2.36. The van der Waals surface area contributed by atoms with Crippen molar-refractivity contribution in [2.24, 2.45) is 5.92 Å². The van der Waals surface area contributed by atoms with E-state index in [2.05, 4.69) is 15.5 Å². The Bertz CT molecular complexity index is 281. The molecule has 2 N–H and O–H groups in total. The molecule has 0 aromatic heterocycles. The van der Waals surface area contributed by atoms with Gasteiger partial charge in [-0.3, -0.25) is 9.69 Å². The Labute approximate surface area is 109 Å². The van der Waals surface area contributed by atoms with Gasteiger partial charge in [-0.1, -0.05) is 0 Å². The van der Waals surface area contributed by atoms with Crippen molar-refractivity contribution < 1.29 is 9.53 Å². The fraction of sp³-hybridized carbons (Fsp3) is 0.923. The van der Waals surface area contributed by atoms with Crippen molar-refractivity contribution in [3.8, 4) is 0 Å². The van der Waals surface area contributed by atoms with Crippen molar-refractivity contribution in [1.82, 2.24) is 15.5 Å². The molecular formula is C13H25N3O2. The molecule has 0 spiro atoms. The third kappa shape index (κ3) is 3.22. The first kappa shape index (κ1) is 13.8. The van der Waals surface area contributed by atoms with Crippen molar-refractivity contribution in [3.05, 3.63) is 0 Å². The Morgan fingerprint density at radius 1 is 1.56 bits per heavy atom. The van der Waals surface area contributed by atoms with Crippen LogP contribution in [-0.4, -0.2) is 62.8 Å². The summed E-state index contributed by atoms with van der Waals surface area (Å²) < 4.78 is 5.35. The van der Waals surface area contributed by atoms with E-state index < -0.39 is 0 Å². The summed E-state index contributed by atoms with van der Waals surface area (Å²) in [7, 11) is 1.75. The molecule has 1 aliphatic heterocycles. The fourth-order valence-electron chi connectivity index (χ4n) is 2.81. The summed E-state index contributed by atoms with van der Waals surface area (Å²) in [5.41, 5.74) is 0. The van der Waals surface area contributed by atoms with Gasteiger partial charge in [-0.2, -0.15) is 0 Å². The van der Waals surface area contributed by atoms with E-state index in [1.54, 1.807) is 7.11 Å². The second kappa shape index (κ2) is 6.50. The number of hydrogen-bond acceptors (Lipinski definition) is 4. The fourth-order valence-corrected chi connectivity index (χ4v) is 2.81. The second-order valence-electron chi connectivity index (χ2n) is 5.21. The first-order chi connectivity index (χ1) is 8.77. The quantitative estimate of drug-likeness (QED) is 0.691. The molecular weight excluding hydrogens is 230 g/mol. The smallest absolute Gasteiger partial charge is 0.238 e. The van der Waals surface area contributed by atoms with Crippen molar-refractivity contribution in [2.75, 3.05) is 39.9 Å². The molecule has 0 aromatic rings. The molecule has 2 rings (SSSR count). The van der Waals surface area contributed by atoms with E-state index in [1.165, 1.54) is 12.8 Å². The van der Waals surface area contributed by atoms with Crippen LogP contribution in [0.2, 0.25) is 0 Å². The minimum absolute atomic E-state index is 0.0422. The highest BCUT2D eigenvalue weighted by molar-refractivity contribution is 5.82. The van der Waals surface area contributed by atoms with Gasteiger partial charge in [-0.15, -0.1) is 0 Å². The van der Waals surface area contributed by atoms with Crippen LogP contribution in [0.15, 0.2) is 0 Å². The minimum atomic E-state index is -0.0422. The van der Waals surface area contributed by atoms with Crippen LogP contribution in [0.25, 0.3) is 0 Å². The number of methoxy groups -OCH3 is 1. The van der Waals surface area contributed by atoms with Gasteiger partial charge in [0.15, 0.2) is 0 Å². The number of rotatable bonds is 6. The number of ether oxygens (including phenoxy) is 1. The maximum absolute atomic E-state index is 12.1. The Morgan fingerprint density at radius 3 is 2.94 bits per heavy atom. The average Bonchev–Trinajstić information content (AvgIpc) is 3.20. The molecule has 1 saturated heterocycles. The summed E-state index contributed by atoms with van der Waals surface area (Å²) in [5, 5.41) is 6.26. The van der Waals surface area contributed by atoms with Crippen molar-refractivity contribution in [1.29, 1.82) is 0 Å². The van der Waals surface area contributed by atoms with Gasteiger partial charge >= 0.3 is 0 Å². The van der Waals surface area contributed by atoms with Crippen molar-refractivity contribution >= 4 is 5.91 Å². The standard InChI is InChI=1S/C13H25N3O2/c1-3-15-13(17)11-8-14-6-7-16(11)12(9-18-2)10-4-5-10/h10-12,14H,3-9H2,1-2H3,(H,15,17). The highest BCUT2D eigenvalue weighted by atomic mass is 16.5. The highest BCUT2D eigenvalue weighted by Gasteiger charge is 2.40. The van der Waals surface area contributed by atoms with Gasteiger partial charge in [0.25, 0.3) is 0 Å². The third-order valence-corrected chi connectivity index (χ3v) is 3.87. The molecule has 0 aromatic carbocycles. The van der Waals surface area contributed by atoms with Crippen LogP contribution in [0.1, 0.15) is 19.8 Å². The van der Waals surface area contributed by atoms with Gasteiger partial charge in [-0.05, 0) is 25.7 Å². The van der Waals surface area contributed by atoms with Crippen molar-refractivity contribution in [2.45, 2.75) is 31.8 Å². The lowest BCUT2D eigenvalue weighted by molar-refractivity contribution is -0.128. The molecule has 2 aliphatic rings. The van der Waals surface area contributed by atoms with Crippen LogP contribution in [0.5, 0.6) is 0 Å². The molecule has 104 valence electrons. The molecule has 5 nitrogen and oxygen atoms in total. The van der Waals surface area contributed by atoms with Gasteiger partial charge in [0.2, 0.25) is 5.91 Å². The van der Waals surface area contributed by atoms with E-state index in [9.17, 15) is 4.79 Å². The number of nitrogens with one attached hydrogen (secondary N) is 2. The van der Waals surface area contributed by atoms with Crippen LogP contribution < -0.4 is 10.6 Å². The summed E-state index contributed by atoms with van der Waals surface area (Å²) in [4.78, 5) is 14.5. The van der Waals surface area contributed by atoms with E-state index >= 15 is 0 Å². The Morgan fingerprint density at radius 2 is 2.33 bits per heavy atom. The maximum Gasteiger partial charge on any atom is 0.238 e.